The molecule has 0 saturated heterocycles. The van der Waals surface area contributed by atoms with Crippen molar-refractivity contribution in [2.75, 3.05) is 12.0 Å². The SMILES string of the molecule is COc1cccc(C(=O)/C=C/c2csc(N(C(C)=O)c3ccccc3F)n2)c1. The number of nitrogens with zero attached hydrogens (tertiary/aromatic N) is 2. The number of benzene rings is 2. The number of anilines is 2. The summed E-state index contributed by atoms with van der Waals surface area (Å²) in [6.07, 6.45) is 2.95. The van der Waals surface area contributed by atoms with E-state index < -0.39 is 5.82 Å². The Morgan fingerprint density at radius 2 is 1.96 bits per heavy atom. The second-order valence-corrected chi connectivity index (χ2v) is 6.63. The minimum Gasteiger partial charge on any atom is -0.497 e. The molecule has 7 heteroatoms. The lowest BCUT2D eigenvalue weighted by atomic mass is 10.1. The summed E-state index contributed by atoms with van der Waals surface area (Å²) in [6.45, 7) is 1.34. The van der Waals surface area contributed by atoms with E-state index in [-0.39, 0.29) is 17.4 Å². The van der Waals surface area contributed by atoms with Crippen LogP contribution in [0.3, 0.4) is 0 Å². The molecular weight excluding hydrogens is 379 g/mol. The van der Waals surface area contributed by atoms with Crippen molar-refractivity contribution in [2.24, 2.45) is 0 Å². The minimum atomic E-state index is -0.516. The summed E-state index contributed by atoms with van der Waals surface area (Å²) < 4.78 is 19.2. The third kappa shape index (κ3) is 4.32. The molecule has 0 bridgehead atoms. The molecule has 0 unspecified atom stereocenters. The number of hydrogen-bond donors (Lipinski definition) is 0. The molecule has 3 rings (SSSR count). The Hall–Kier alpha value is -3.32. The Morgan fingerprint density at radius 1 is 1.18 bits per heavy atom. The standard InChI is InChI=1S/C21H17FN2O3S/c1-14(25)24(19-9-4-3-8-18(19)22)21-23-16(13-28-21)10-11-20(26)15-6-5-7-17(12-15)27-2/h3-13H,1-2H3/b11-10+. The van der Waals surface area contributed by atoms with Crippen LogP contribution < -0.4 is 9.64 Å². The van der Waals surface area contributed by atoms with Crippen LogP contribution in [0.15, 0.2) is 60.0 Å². The van der Waals surface area contributed by atoms with E-state index in [1.807, 2.05) is 0 Å². The first-order chi connectivity index (χ1) is 13.5. The molecule has 0 spiro atoms. The van der Waals surface area contributed by atoms with Gasteiger partial charge in [0.2, 0.25) is 5.91 Å². The summed E-state index contributed by atoms with van der Waals surface area (Å²) in [4.78, 5) is 29.9. The maximum absolute atomic E-state index is 14.1. The number of halogens is 1. The minimum absolute atomic E-state index is 0.132. The third-order valence-corrected chi connectivity index (χ3v) is 4.71. The van der Waals surface area contributed by atoms with E-state index in [2.05, 4.69) is 4.98 Å². The van der Waals surface area contributed by atoms with Crippen LogP contribution in [0.5, 0.6) is 5.75 Å². The van der Waals surface area contributed by atoms with Gasteiger partial charge >= 0.3 is 0 Å². The zero-order valence-corrected chi connectivity index (χ0v) is 16.1. The van der Waals surface area contributed by atoms with E-state index in [1.165, 1.54) is 48.5 Å². The van der Waals surface area contributed by atoms with Gasteiger partial charge in [-0.3, -0.25) is 14.5 Å². The molecule has 0 saturated carbocycles. The summed E-state index contributed by atoms with van der Waals surface area (Å²) in [5, 5.41) is 2.02. The molecule has 0 N–H and O–H groups in total. The van der Waals surface area contributed by atoms with Crippen LogP contribution in [-0.4, -0.2) is 23.8 Å². The van der Waals surface area contributed by atoms with Gasteiger partial charge in [-0.25, -0.2) is 9.37 Å². The van der Waals surface area contributed by atoms with Gasteiger partial charge in [0, 0.05) is 17.9 Å². The van der Waals surface area contributed by atoms with Crippen LogP contribution in [0.4, 0.5) is 15.2 Å². The zero-order valence-electron chi connectivity index (χ0n) is 15.3. The first-order valence-electron chi connectivity index (χ1n) is 8.37. The van der Waals surface area contributed by atoms with E-state index in [4.69, 9.17) is 4.74 Å². The molecule has 3 aromatic rings. The average molecular weight is 396 g/mol. The van der Waals surface area contributed by atoms with Gasteiger partial charge in [-0.05, 0) is 36.4 Å². The number of carbonyl (C=O) groups is 2. The smallest absolute Gasteiger partial charge is 0.230 e. The zero-order chi connectivity index (χ0) is 20.1. The number of para-hydroxylation sites is 1. The van der Waals surface area contributed by atoms with Crippen molar-refractivity contribution >= 4 is 39.9 Å². The van der Waals surface area contributed by atoms with Crippen molar-refractivity contribution in [2.45, 2.75) is 6.92 Å². The van der Waals surface area contributed by atoms with Gasteiger partial charge in [-0.2, -0.15) is 0 Å². The largest absolute Gasteiger partial charge is 0.497 e. The Kier molecular flexibility index (Phi) is 5.96. The monoisotopic (exact) mass is 396 g/mol. The van der Waals surface area contributed by atoms with Crippen molar-refractivity contribution in [1.29, 1.82) is 0 Å². The first-order valence-corrected chi connectivity index (χ1v) is 9.25. The molecule has 0 atom stereocenters. The lowest BCUT2D eigenvalue weighted by Crippen LogP contribution is -2.23. The molecule has 0 aliphatic heterocycles. The number of thiazole rings is 1. The van der Waals surface area contributed by atoms with Crippen molar-refractivity contribution < 1.29 is 18.7 Å². The van der Waals surface area contributed by atoms with Crippen LogP contribution in [0.25, 0.3) is 6.08 Å². The lowest BCUT2D eigenvalue weighted by Gasteiger charge is -2.18. The number of amides is 1. The summed E-state index contributed by atoms with van der Waals surface area (Å²) in [7, 11) is 1.53. The average Bonchev–Trinajstić information content (AvgIpc) is 3.16. The molecule has 0 radical (unpaired) electrons. The predicted octanol–water partition coefficient (Wildman–Crippen LogP) is 4.87. The second-order valence-electron chi connectivity index (χ2n) is 5.79. The summed E-state index contributed by atoms with van der Waals surface area (Å²) in [5.74, 6) is -0.483. The van der Waals surface area contributed by atoms with Crippen molar-refractivity contribution in [3.05, 3.63) is 77.1 Å². The normalized spacial score (nSPS) is 10.8. The van der Waals surface area contributed by atoms with Gasteiger partial charge < -0.3 is 4.74 Å². The first kappa shape index (κ1) is 19.4. The third-order valence-electron chi connectivity index (χ3n) is 3.87. The molecule has 0 aliphatic rings. The summed E-state index contributed by atoms with van der Waals surface area (Å²) in [6, 6.07) is 12.8. The Morgan fingerprint density at radius 3 is 2.68 bits per heavy atom. The molecule has 28 heavy (non-hydrogen) atoms. The van der Waals surface area contributed by atoms with Gasteiger partial charge in [0.05, 0.1) is 18.5 Å². The van der Waals surface area contributed by atoms with Crippen LogP contribution >= 0.6 is 11.3 Å². The van der Waals surface area contributed by atoms with Crippen LogP contribution in [0.2, 0.25) is 0 Å². The fourth-order valence-corrected chi connectivity index (χ4v) is 3.38. The molecule has 1 aromatic heterocycles. The molecule has 2 aromatic carbocycles. The Labute approximate surface area is 165 Å². The molecule has 1 amide bonds. The Bertz CT molecular complexity index is 1050. The summed E-state index contributed by atoms with van der Waals surface area (Å²) >= 11 is 1.19. The second kappa shape index (κ2) is 8.58. The highest BCUT2D eigenvalue weighted by Gasteiger charge is 2.20. The van der Waals surface area contributed by atoms with E-state index in [1.54, 1.807) is 47.9 Å². The quantitative estimate of drug-likeness (QED) is 0.440. The number of rotatable bonds is 6. The van der Waals surface area contributed by atoms with Crippen LogP contribution in [0.1, 0.15) is 23.0 Å². The Balaban J connectivity index is 1.82. The van der Waals surface area contributed by atoms with E-state index in [0.29, 0.717) is 22.1 Å². The lowest BCUT2D eigenvalue weighted by molar-refractivity contribution is -0.115. The number of carbonyl (C=O) groups excluding carboxylic acids is 2. The topological polar surface area (TPSA) is 59.5 Å². The number of ether oxygens (including phenoxy) is 1. The highest BCUT2D eigenvalue weighted by molar-refractivity contribution is 7.14. The highest BCUT2D eigenvalue weighted by atomic mass is 32.1. The molecular formula is C21H17FN2O3S. The molecule has 142 valence electrons. The van der Waals surface area contributed by atoms with Gasteiger partial charge in [-0.1, -0.05) is 24.3 Å². The number of hydrogen-bond acceptors (Lipinski definition) is 5. The number of aromatic nitrogens is 1. The number of ketones is 1. The van der Waals surface area contributed by atoms with Crippen LogP contribution in [-0.2, 0) is 4.79 Å². The van der Waals surface area contributed by atoms with E-state index >= 15 is 0 Å². The predicted molar refractivity (Wildman–Crippen MR) is 108 cm³/mol. The maximum atomic E-state index is 14.1. The fourth-order valence-electron chi connectivity index (χ4n) is 2.53. The van der Waals surface area contributed by atoms with Crippen molar-refractivity contribution in [3.8, 4) is 5.75 Å². The highest BCUT2D eigenvalue weighted by Crippen LogP contribution is 2.31. The molecule has 0 fully saturated rings. The van der Waals surface area contributed by atoms with Gasteiger partial charge in [0.25, 0.3) is 0 Å². The van der Waals surface area contributed by atoms with Gasteiger partial charge in [-0.15, -0.1) is 11.3 Å². The van der Waals surface area contributed by atoms with Crippen LogP contribution in [0, 0.1) is 5.82 Å². The fraction of sp³-hybridized carbons (Fsp3) is 0.0952. The summed E-state index contributed by atoms with van der Waals surface area (Å²) in [5.41, 5.74) is 1.12. The van der Waals surface area contributed by atoms with Crippen molar-refractivity contribution in [1.82, 2.24) is 4.98 Å². The molecule has 5 nitrogen and oxygen atoms in total. The number of allylic oxidation sites excluding steroid dienone is 1. The number of methoxy groups -OCH3 is 1. The van der Waals surface area contributed by atoms with E-state index in [9.17, 15) is 14.0 Å². The molecule has 0 aliphatic carbocycles. The molecule has 1 heterocycles. The van der Waals surface area contributed by atoms with Gasteiger partial charge in [0.15, 0.2) is 10.9 Å². The van der Waals surface area contributed by atoms with Gasteiger partial charge in [0.1, 0.15) is 11.6 Å². The van der Waals surface area contributed by atoms with Crippen molar-refractivity contribution in [3.63, 3.8) is 0 Å². The maximum Gasteiger partial charge on any atom is 0.230 e. The van der Waals surface area contributed by atoms with E-state index in [0.717, 1.165) is 0 Å².